The molecular weight excluding hydrogens is 602 g/mol. The molecule has 5 rings (SSSR count). The number of nitrogens with zero attached hydrogens (tertiary/aromatic N) is 2. The summed E-state index contributed by atoms with van der Waals surface area (Å²) in [6.07, 6.45) is -1.39. The predicted molar refractivity (Wildman–Crippen MR) is 165 cm³/mol. The first-order valence-electron chi connectivity index (χ1n) is 15.3. The van der Waals surface area contributed by atoms with Crippen LogP contribution in [0.1, 0.15) is 60.8 Å². The minimum Gasteiger partial charge on any atom is -0.430 e. The number of carbonyl (C=O) groups excluding carboxylic acids is 3. The summed E-state index contributed by atoms with van der Waals surface area (Å²) < 4.78 is 60.0. The van der Waals surface area contributed by atoms with Gasteiger partial charge in [-0.3, -0.25) is 9.59 Å². The normalized spacial score (nSPS) is 21.3. The number of likely N-dealkylation sites (N-methyl/N-ethyl adjacent to an activating group) is 1. The number of anilines is 1. The molecule has 0 aromatic heterocycles. The third-order valence-electron chi connectivity index (χ3n) is 9.07. The Morgan fingerprint density at radius 1 is 1.07 bits per heavy atom. The van der Waals surface area contributed by atoms with Gasteiger partial charge < -0.3 is 19.9 Å². The number of fused-ring (bicyclic) bond motifs is 1. The van der Waals surface area contributed by atoms with Gasteiger partial charge in [-0.25, -0.2) is 9.18 Å². The molecule has 0 radical (unpaired) electrons. The molecule has 3 aromatic rings. The van der Waals surface area contributed by atoms with Crippen molar-refractivity contribution in [2.24, 2.45) is 0 Å². The van der Waals surface area contributed by atoms with Crippen molar-refractivity contribution >= 4 is 24.0 Å². The number of carbonyl (C=O) groups is 3. The molecule has 4 atom stereocenters. The number of nitrogens with one attached hydrogen (secondary N) is 1. The summed E-state index contributed by atoms with van der Waals surface area (Å²) in [6, 6.07) is 18.9. The monoisotopic (exact) mass is 639 g/mol. The zero-order chi connectivity index (χ0) is 33.1. The molecule has 0 saturated heterocycles. The van der Waals surface area contributed by atoms with Crippen molar-refractivity contribution in [3.8, 4) is 0 Å². The van der Waals surface area contributed by atoms with Gasteiger partial charge in [-0.15, -0.1) is 0 Å². The second kappa shape index (κ2) is 13.5. The Morgan fingerprint density at radius 3 is 2.46 bits per heavy atom. The molecule has 0 aliphatic heterocycles. The third-order valence-corrected chi connectivity index (χ3v) is 9.07. The number of benzene rings is 3. The molecule has 0 spiro atoms. The molecule has 2 aliphatic carbocycles. The van der Waals surface area contributed by atoms with Gasteiger partial charge in [0.25, 0.3) is 0 Å². The molecule has 0 heterocycles. The van der Waals surface area contributed by atoms with E-state index in [-0.39, 0.29) is 12.0 Å². The van der Waals surface area contributed by atoms with Crippen LogP contribution in [0.4, 0.5) is 28.0 Å². The van der Waals surface area contributed by atoms with Crippen molar-refractivity contribution in [2.75, 3.05) is 18.9 Å². The van der Waals surface area contributed by atoms with E-state index in [4.69, 9.17) is 4.74 Å². The predicted octanol–water partition coefficient (Wildman–Crippen LogP) is 6.96. The molecule has 1 fully saturated rings. The van der Waals surface area contributed by atoms with E-state index < -0.39 is 48.7 Å². The molecule has 7 nitrogen and oxygen atoms in total. The third kappa shape index (κ3) is 7.35. The molecule has 2 aliphatic rings. The van der Waals surface area contributed by atoms with Gasteiger partial charge in [0.1, 0.15) is 18.4 Å². The average molecular weight is 640 g/mol. The minimum atomic E-state index is -4.74. The van der Waals surface area contributed by atoms with E-state index in [9.17, 15) is 31.9 Å². The number of rotatable bonds is 10. The van der Waals surface area contributed by atoms with Crippen molar-refractivity contribution in [1.29, 1.82) is 0 Å². The zero-order valence-corrected chi connectivity index (χ0v) is 25.7. The molecule has 2 amide bonds. The average Bonchev–Trinajstić information content (AvgIpc) is 3.65. The fraction of sp³-hybridized carbons (Fsp3) is 0.400. The Labute approximate surface area is 265 Å². The fourth-order valence-corrected chi connectivity index (χ4v) is 6.38. The summed E-state index contributed by atoms with van der Waals surface area (Å²) in [5.41, 5.74) is 2.34. The van der Waals surface area contributed by atoms with Crippen LogP contribution in [0.2, 0.25) is 0 Å². The summed E-state index contributed by atoms with van der Waals surface area (Å²) in [5.74, 6) is -1.06. The number of amides is 2. The van der Waals surface area contributed by atoms with Crippen molar-refractivity contribution in [3.05, 3.63) is 101 Å². The SMILES string of the molecule is C[C@H](N(Cc1ccc(F)cc1)C(=O)CN(C)C(=O)O[C@]1(C=O)CCc2cc(NC3CCC(c4ccccc4)C3)ccc21)C(F)(F)F. The van der Waals surface area contributed by atoms with Crippen LogP contribution in [-0.4, -0.2) is 59.9 Å². The Bertz CT molecular complexity index is 1550. The molecule has 1 N–H and O–H groups in total. The van der Waals surface area contributed by atoms with Crippen LogP contribution in [0.15, 0.2) is 72.8 Å². The highest BCUT2D eigenvalue weighted by Crippen LogP contribution is 2.41. The first-order chi connectivity index (χ1) is 21.9. The lowest BCUT2D eigenvalue weighted by Crippen LogP contribution is -2.50. The number of halogens is 4. The van der Waals surface area contributed by atoms with Gasteiger partial charge in [0.2, 0.25) is 5.91 Å². The van der Waals surface area contributed by atoms with Crippen molar-refractivity contribution in [3.63, 3.8) is 0 Å². The van der Waals surface area contributed by atoms with E-state index in [0.717, 1.165) is 54.5 Å². The molecule has 244 valence electrons. The van der Waals surface area contributed by atoms with Crippen molar-refractivity contribution in [2.45, 2.75) is 75.4 Å². The standard InChI is InChI=1S/C35H37F4N3O4/c1-23(35(37,38)39)42(20-24-8-11-28(36)12-9-24)32(44)21-41(2)33(45)46-34(22-43)17-16-27-19-30(14-15-31(27)34)40-29-13-10-26(18-29)25-6-4-3-5-7-25/h3-9,11-12,14-15,19,22-23,26,29,40H,10,13,16-18,20-21H2,1-2H3/t23-,26?,29?,34-/m0/s1. The number of hydrogen-bond acceptors (Lipinski definition) is 5. The molecular formula is C35H37F4N3O4. The molecule has 1 saturated carbocycles. The number of aryl methyl sites for hydroxylation is 1. The number of alkyl halides is 3. The van der Waals surface area contributed by atoms with Gasteiger partial charge in [-0.05, 0) is 79.5 Å². The van der Waals surface area contributed by atoms with Crippen molar-refractivity contribution in [1.82, 2.24) is 9.80 Å². The van der Waals surface area contributed by atoms with Gasteiger partial charge in [0.05, 0.1) is 0 Å². The number of ether oxygens (including phenoxy) is 1. The van der Waals surface area contributed by atoms with Crippen LogP contribution in [0.5, 0.6) is 0 Å². The lowest BCUT2D eigenvalue weighted by Gasteiger charge is -2.33. The lowest BCUT2D eigenvalue weighted by atomic mass is 9.97. The molecule has 2 unspecified atom stereocenters. The maximum atomic E-state index is 13.7. The summed E-state index contributed by atoms with van der Waals surface area (Å²) in [4.78, 5) is 40.1. The highest BCUT2D eigenvalue weighted by molar-refractivity contribution is 5.84. The smallest absolute Gasteiger partial charge is 0.411 e. The van der Waals surface area contributed by atoms with Crippen molar-refractivity contribution < 1.29 is 36.7 Å². The van der Waals surface area contributed by atoms with Gasteiger partial charge in [0.15, 0.2) is 11.9 Å². The van der Waals surface area contributed by atoms with E-state index >= 15 is 0 Å². The van der Waals surface area contributed by atoms with Crippen LogP contribution < -0.4 is 5.32 Å². The Morgan fingerprint density at radius 2 is 1.78 bits per heavy atom. The van der Waals surface area contributed by atoms with Gasteiger partial charge in [-0.1, -0.05) is 48.5 Å². The summed E-state index contributed by atoms with van der Waals surface area (Å²) >= 11 is 0. The molecule has 11 heteroatoms. The lowest BCUT2D eigenvalue weighted by molar-refractivity contribution is -0.187. The van der Waals surface area contributed by atoms with E-state index in [1.165, 1.54) is 24.7 Å². The molecule has 0 bridgehead atoms. The maximum absolute atomic E-state index is 13.7. The first-order valence-corrected chi connectivity index (χ1v) is 15.3. The zero-order valence-electron chi connectivity index (χ0n) is 25.7. The first kappa shape index (κ1) is 33.0. The topological polar surface area (TPSA) is 79.0 Å². The van der Waals surface area contributed by atoms with E-state index in [1.54, 1.807) is 6.07 Å². The van der Waals surface area contributed by atoms with Crippen LogP contribution >= 0.6 is 0 Å². The summed E-state index contributed by atoms with van der Waals surface area (Å²) in [6.45, 7) is -0.330. The Balaban J connectivity index is 1.23. The van der Waals surface area contributed by atoms with Crippen LogP contribution in [0, 0.1) is 5.82 Å². The van der Waals surface area contributed by atoms with E-state index in [2.05, 4.69) is 29.6 Å². The van der Waals surface area contributed by atoms with Gasteiger partial charge >= 0.3 is 12.3 Å². The number of hydrogen-bond donors (Lipinski definition) is 1. The Hall–Kier alpha value is -4.41. The molecule has 46 heavy (non-hydrogen) atoms. The van der Waals surface area contributed by atoms with Gasteiger partial charge in [0, 0.05) is 37.3 Å². The van der Waals surface area contributed by atoms with Crippen LogP contribution in [0.3, 0.4) is 0 Å². The van der Waals surface area contributed by atoms with Crippen LogP contribution in [-0.2, 0) is 32.9 Å². The summed E-state index contributed by atoms with van der Waals surface area (Å²) in [7, 11) is 1.22. The Kier molecular flexibility index (Phi) is 9.69. The summed E-state index contributed by atoms with van der Waals surface area (Å²) in [5, 5.41) is 3.60. The second-order valence-corrected chi connectivity index (χ2v) is 12.2. The largest absolute Gasteiger partial charge is 0.430 e. The van der Waals surface area contributed by atoms with Gasteiger partial charge in [-0.2, -0.15) is 13.2 Å². The second-order valence-electron chi connectivity index (χ2n) is 12.2. The highest BCUT2D eigenvalue weighted by atomic mass is 19.4. The van der Waals surface area contributed by atoms with E-state index in [0.29, 0.717) is 35.1 Å². The maximum Gasteiger partial charge on any atom is 0.411 e. The highest BCUT2D eigenvalue weighted by Gasteiger charge is 2.45. The van der Waals surface area contributed by atoms with E-state index in [1.807, 2.05) is 18.2 Å². The molecule has 3 aromatic carbocycles. The fourth-order valence-electron chi connectivity index (χ4n) is 6.38. The minimum absolute atomic E-state index is 0.199. The van der Waals surface area contributed by atoms with Crippen LogP contribution in [0.25, 0.3) is 0 Å². The quantitative estimate of drug-likeness (QED) is 0.192. The number of aldehydes is 1.